The third-order valence-corrected chi connectivity index (χ3v) is 2.61. The minimum absolute atomic E-state index is 0.498. The summed E-state index contributed by atoms with van der Waals surface area (Å²) in [6.07, 6.45) is 5.43. The minimum Gasteiger partial charge on any atom is -0.311 e. The molecule has 0 aliphatic rings. The Balaban J connectivity index is 2.47. The van der Waals surface area contributed by atoms with Gasteiger partial charge in [-0.3, -0.25) is 0 Å². The molecule has 0 aliphatic heterocycles. The zero-order chi connectivity index (χ0) is 11.1. The Hall–Kier alpha value is -0.900. The largest absolute Gasteiger partial charge is 0.311 e. The molecule has 0 spiro atoms. The topological polar surface area (TPSA) is 42.7 Å². The monoisotopic (exact) mass is 210 g/mol. The van der Waals surface area contributed by atoms with E-state index in [4.69, 9.17) is 0 Å². The average Bonchev–Trinajstić information content (AvgIpc) is 2.69. The minimum atomic E-state index is 0.498. The van der Waals surface area contributed by atoms with Gasteiger partial charge in [0.15, 0.2) is 0 Å². The molecule has 0 aromatic carbocycles. The second kappa shape index (κ2) is 6.56. The third kappa shape index (κ3) is 3.63. The molecule has 1 heterocycles. The van der Waals surface area contributed by atoms with Crippen LogP contribution in [-0.4, -0.2) is 21.5 Å². The maximum absolute atomic E-state index is 4.16. The van der Waals surface area contributed by atoms with Crippen LogP contribution in [0.5, 0.6) is 0 Å². The number of hydrogen-bond acceptors (Lipinski definition) is 3. The lowest BCUT2D eigenvalue weighted by molar-refractivity contribution is 0.418. The molecule has 1 N–H and O–H groups in total. The van der Waals surface area contributed by atoms with Crippen LogP contribution in [-0.2, 0) is 6.54 Å². The Morgan fingerprint density at radius 1 is 1.33 bits per heavy atom. The van der Waals surface area contributed by atoms with E-state index in [1.165, 1.54) is 0 Å². The van der Waals surface area contributed by atoms with Crippen LogP contribution in [0, 0.1) is 0 Å². The molecule has 0 saturated carbocycles. The van der Waals surface area contributed by atoms with Crippen molar-refractivity contribution < 1.29 is 0 Å². The highest BCUT2D eigenvalue weighted by Crippen LogP contribution is 2.13. The van der Waals surface area contributed by atoms with Gasteiger partial charge < -0.3 is 5.32 Å². The van der Waals surface area contributed by atoms with E-state index in [-0.39, 0.29) is 0 Å². The van der Waals surface area contributed by atoms with Crippen molar-refractivity contribution in [3.8, 4) is 0 Å². The average molecular weight is 210 g/mol. The highest BCUT2D eigenvalue weighted by atomic mass is 15.4. The summed E-state index contributed by atoms with van der Waals surface area (Å²) in [6, 6.07) is 0.498. The maximum atomic E-state index is 4.16. The van der Waals surface area contributed by atoms with Crippen LogP contribution in [0.15, 0.2) is 6.20 Å². The highest BCUT2D eigenvalue weighted by Gasteiger charge is 2.08. The van der Waals surface area contributed by atoms with E-state index in [0.717, 1.165) is 38.0 Å². The molecular formula is C11H22N4. The van der Waals surface area contributed by atoms with Gasteiger partial charge in [-0.1, -0.05) is 26.0 Å². The van der Waals surface area contributed by atoms with Crippen molar-refractivity contribution in [1.82, 2.24) is 20.3 Å². The van der Waals surface area contributed by atoms with Gasteiger partial charge in [0, 0.05) is 6.54 Å². The van der Waals surface area contributed by atoms with Crippen molar-refractivity contribution in [2.24, 2.45) is 0 Å². The first-order valence-electron chi connectivity index (χ1n) is 5.93. The van der Waals surface area contributed by atoms with Crippen LogP contribution >= 0.6 is 0 Å². The van der Waals surface area contributed by atoms with Crippen molar-refractivity contribution >= 4 is 0 Å². The molecule has 0 atom stereocenters. The summed E-state index contributed by atoms with van der Waals surface area (Å²) < 4.78 is 1.99. The van der Waals surface area contributed by atoms with E-state index in [1.807, 2.05) is 4.68 Å². The van der Waals surface area contributed by atoms with Crippen molar-refractivity contribution in [3.05, 3.63) is 11.9 Å². The molecule has 15 heavy (non-hydrogen) atoms. The summed E-state index contributed by atoms with van der Waals surface area (Å²) in [4.78, 5) is 0. The van der Waals surface area contributed by atoms with Crippen molar-refractivity contribution in [2.45, 2.75) is 52.6 Å². The summed E-state index contributed by atoms with van der Waals surface area (Å²) in [5, 5.41) is 11.6. The number of nitrogens with zero attached hydrogens (tertiary/aromatic N) is 3. The molecule has 1 aromatic heterocycles. The summed E-state index contributed by atoms with van der Waals surface area (Å²) in [7, 11) is 0. The Bertz CT molecular complexity index is 265. The van der Waals surface area contributed by atoms with Gasteiger partial charge in [-0.15, -0.1) is 5.10 Å². The molecule has 4 nitrogen and oxygen atoms in total. The zero-order valence-corrected chi connectivity index (χ0v) is 10.0. The van der Waals surface area contributed by atoms with E-state index < -0.39 is 0 Å². The van der Waals surface area contributed by atoms with Crippen molar-refractivity contribution in [3.63, 3.8) is 0 Å². The van der Waals surface area contributed by atoms with Gasteiger partial charge in [0.25, 0.3) is 0 Å². The first-order chi connectivity index (χ1) is 7.31. The molecule has 0 fully saturated rings. The number of nitrogens with one attached hydrogen (secondary N) is 1. The van der Waals surface area contributed by atoms with Crippen LogP contribution in [0.3, 0.4) is 0 Å². The van der Waals surface area contributed by atoms with E-state index >= 15 is 0 Å². The van der Waals surface area contributed by atoms with E-state index in [0.29, 0.717) is 6.04 Å². The standard InChI is InChI=1S/C11H22N4/c1-4-7-12-8-10-9-15(14-13-10)11(5-2)6-3/h9,11-12H,4-8H2,1-3H3. The highest BCUT2D eigenvalue weighted by molar-refractivity contribution is 4.92. The smallest absolute Gasteiger partial charge is 0.0964 e. The molecular weight excluding hydrogens is 188 g/mol. The van der Waals surface area contributed by atoms with Crippen molar-refractivity contribution in [1.29, 1.82) is 0 Å². The molecule has 0 bridgehead atoms. The fourth-order valence-electron chi connectivity index (χ4n) is 1.63. The molecule has 4 heteroatoms. The summed E-state index contributed by atoms with van der Waals surface area (Å²) in [5.41, 5.74) is 1.04. The van der Waals surface area contributed by atoms with Gasteiger partial charge in [0.05, 0.1) is 17.9 Å². The lowest BCUT2D eigenvalue weighted by Gasteiger charge is -2.10. The second-order valence-electron chi connectivity index (χ2n) is 3.84. The normalized spacial score (nSPS) is 11.2. The van der Waals surface area contributed by atoms with Gasteiger partial charge in [-0.25, -0.2) is 4.68 Å². The fraction of sp³-hybridized carbons (Fsp3) is 0.818. The van der Waals surface area contributed by atoms with E-state index in [1.54, 1.807) is 0 Å². The maximum Gasteiger partial charge on any atom is 0.0964 e. The third-order valence-electron chi connectivity index (χ3n) is 2.61. The van der Waals surface area contributed by atoms with Gasteiger partial charge >= 0.3 is 0 Å². The fourth-order valence-corrected chi connectivity index (χ4v) is 1.63. The molecule has 86 valence electrons. The Morgan fingerprint density at radius 3 is 2.67 bits per heavy atom. The lowest BCUT2D eigenvalue weighted by atomic mass is 10.2. The van der Waals surface area contributed by atoms with Gasteiger partial charge in [-0.2, -0.15) is 0 Å². The van der Waals surface area contributed by atoms with Crippen LogP contribution in [0.1, 0.15) is 51.8 Å². The lowest BCUT2D eigenvalue weighted by Crippen LogP contribution is -2.14. The molecule has 0 unspecified atom stereocenters. The number of hydrogen-bond donors (Lipinski definition) is 1. The Morgan fingerprint density at radius 2 is 2.07 bits per heavy atom. The SMILES string of the molecule is CCCNCc1cn(C(CC)CC)nn1. The van der Waals surface area contributed by atoms with Crippen LogP contribution in [0.4, 0.5) is 0 Å². The summed E-state index contributed by atoms with van der Waals surface area (Å²) in [5.74, 6) is 0. The molecule has 1 rings (SSSR count). The predicted molar refractivity (Wildman–Crippen MR) is 61.6 cm³/mol. The van der Waals surface area contributed by atoms with Gasteiger partial charge in [-0.05, 0) is 25.8 Å². The summed E-state index contributed by atoms with van der Waals surface area (Å²) in [6.45, 7) is 8.40. The number of rotatable bonds is 7. The Kier molecular flexibility index (Phi) is 5.32. The van der Waals surface area contributed by atoms with Crippen LogP contribution in [0.2, 0.25) is 0 Å². The first kappa shape index (κ1) is 12.2. The van der Waals surface area contributed by atoms with Crippen LogP contribution in [0.25, 0.3) is 0 Å². The number of aromatic nitrogens is 3. The predicted octanol–water partition coefficient (Wildman–Crippen LogP) is 2.14. The van der Waals surface area contributed by atoms with Crippen molar-refractivity contribution in [2.75, 3.05) is 6.54 Å². The second-order valence-corrected chi connectivity index (χ2v) is 3.84. The molecule has 1 aromatic rings. The Labute approximate surface area is 92.1 Å². The first-order valence-corrected chi connectivity index (χ1v) is 5.93. The zero-order valence-electron chi connectivity index (χ0n) is 10.0. The van der Waals surface area contributed by atoms with E-state index in [2.05, 4.69) is 42.6 Å². The molecule has 0 radical (unpaired) electrons. The molecule has 0 amide bonds. The van der Waals surface area contributed by atoms with Crippen LogP contribution < -0.4 is 5.32 Å². The molecule has 0 saturated heterocycles. The molecule has 0 aliphatic carbocycles. The summed E-state index contributed by atoms with van der Waals surface area (Å²) >= 11 is 0. The van der Waals surface area contributed by atoms with Gasteiger partial charge in [0.1, 0.15) is 0 Å². The quantitative estimate of drug-likeness (QED) is 0.701. The van der Waals surface area contributed by atoms with Gasteiger partial charge in [0.2, 0.25) is 0 Å². The van der Waals surface area contributed by atoms with E-state index in [9.17, 15) is 0 Å².